The Morgan fingerprint density at radius 3 is 2.67 bits per heavy atom. The molecule has 0 aliphatic rings. The van der Waals surface area contributed by atoms with Gasteiger partial charge in [-0.1, -0.05) is 29.3 Å². The molecule has 0 atom stereocenters. The normalized spacial score (nSPS) is 10.3. The van der Waals surface area contributed by atoms with Gasteiger partial charge >= 0.3 is 0 Å². The first-order chi connectivity index (χ1) is 7.25. The second-order valence-corrected chi connectivity index (χ2v) is 3.97. The van der Waals surface area contributed by atoms with Crippen LogP contribution in [0.2, 0.25) is 10.0 Å². The van der Waals surface area contributed by atoms with Crippen LogP contribution in [0, 0.1) is 0 Å². The highest BCUT2D eigenvalue weighted by Gasteiger charge is 2.04. The highest BCUT2D eigenvalue weighted by Crippen LogP contribution is 2.31. The summed E-state index contributed by atoms with van der Waals surface area (Å²) in [5.74, 6) is 1.29. The molecule has 0 spiro atoms. The second-order valence-electron chi connectivity index (χ2n) is 2.74. The first kappa shape index (κ1) is 13.0. The van der Waals surface area contributed by atoms with Gasteiger partial charge < -0.3 is 9.47 Å². The van der Waals surface area contributed by atoms with Gasteiger partial charge in [0.1, 0.15) is 17.4 Å². The first-order valence-electron chi connectivity index (χ1n) is 4.51. The smallest absolute Gasteiger partial charge is 0.139 e. The highest BCUT2D eigenvalue weighted by atomic mass is 35.5. The summed E-state index contributed by atoms with van der Waals surface area (Å²) in [5.41, 5.74) is 0. The molecule has 0 saturated heterocycles. The molecule has 2 nitrogen and oxygen atoms in total. The van der Waals surface area contributed by atoms with E-state index in [0.29, 0.717) is 41.4 Å². The van der Waals surface area contributed by atoms with Gasteiger partial charge in [0.25, 0.3) is 0 Å². The van der Waals surface area contributed by atoms with Crippen LogP contribution in [0.15, 0.2) is 18.2 Å². The lowest BCUT2D eigenvalue weighted by Crippen LogP contribution is -2.08. The van der Waals surface area contributed by atoms with E-state index in [4.69, 9.17) is 32.7 Å². The summed E-state index contributed by atoms with van der Waals surface area (Å²) in [5, 5.41) is 0.929. The lowest BCUT2D eigenvalue weighted by Gasteiger charge is -2.08. The van der Waals surface area contributed by atoms with Gasteiger partial charge in [-0.15, -0.1) is 0 Å². The summed E-state index contributed by atoms with van der Waals surface area (Å²) in [6.45, 7) is 1.59. The third kappa shape index (κ3) is 4.51. The number of hydrogen-bond acceptors (Lipinski definition) is 3. The standard InChI is InChI=1S/C10H12Cl2O2S/c11-8-2-1-3-9(10(8)12)14-5-4-13-6-7-15/h1-3,15H,4-7H2. The van der Waals surface area contributed by atoms with Crippen molar-refractivity contribution in [3.8, 4) is 5.75 Å². The summed E-state index contributed by atoms with van der Waals surface area (Å²) in [6, 6.07) is 5.28. The van der Waals surface area contributed by atoms with Gasteiger partial charge in [0.15, 0.2) is 0 Å². The summed E-state index contributed by atoms with van der Waals surface area (Å²) in [6.07, 6.45) is 0. The molecule has 0 amide bonds. The van der Waals surface area contributed by atoms with E-state index in [2.05, 4.69) is 12.6 Å². The number of rotatable bonds is 6. The fourth-order valence-electron chi connectivity index (χ4n) is 0.973. The van der Waals surface area contributed by atoms with Crippen molar-refractivity contribution in [1.29, 1.82) is 0 Å². The van der Waals surface area contributed by atoms with Crippen molar-refractivity contribution in [3.63, 3.8) is 0 Å². The lowest BCUT2D eigenvalue weighted by atomic mass is 10.3. The van der Waals surface area contributed by atoms with Crippen LogP contribution in [0.4, 0.5) is 0 Å². The molecule has 0 aliphatic heterocycles. The fraction of sp³-hybridized carbons (Fsp3) is 0.400. The molecule has 1 rings (SSSR count). The summed E-state index contributed by atoms with van der Waals surface area (Å²) in [7, 11) is 0. The van der Waals surface area contributed by atoms with E-state index in [0.717, 1.165) is 0 Å². The summed E-state index contributed by atoms with van der Waals surface area (Å²) >= 11 is 15.8. The molecular formula is C10H12Cl2O2S. The van der Waals surface area contributed by atoms with Crippen molar-refractivity contribution in [3.05, 3.63) is 28.2 Å². The molecule has 0 aromatic heterocycles. The predicted octanol–water partition coefficient (Wildman–Crippen LogP) is 3.32. The molecule has 0 heterocycles. The second kappa shape index (κ2) is 7.23. The Bertz CT molecular complexity index is 307. The maximum absolute atomic E-state index is 5.92. The Balaban J connectivity index is 2.34. The van der Waals surface area contributed by atoms with Crippen molar-refractivity contribution < 1.29 is 9.47 Å². The maximum atomic E-state index is 5.92. The lowest BCUT2D eigenvalue weighted by molar-refractivity contribution is 0.112. The molecule has 84 valence electrons. The Kier molecular flexibility index (Phi) is 6.25. The molecule has 0 N–H and O–H groups in total. The molecule has 5 heteroatoms. The summed E-state index contributed by atoms with van der Waals surface area (Å²) < 4.78 is 10.6. The molecule has 1 aromatic rings. The third-order valence-corrected chi connectivity index (χ3v) is 2.62. The van der Waals surface area contributed by atoms with Gasteiger partial charge in [-0.2, -0.15) is 12.6 Å². The average molecular weight is 267 g/mol. The van der Waals surface area contributed by atoms with Gasteiger partial charge in [-0.3, -0.25) is 0 Å². The molecule has 0 saturated carbocycles. The topological polar surface area (TPSA) is 18.5 Å². The van der Waals surface area contributed by atoms with Crippen molar-refractivity contribution >= 4 is 35.8 Å². The molecule has 0 radical (unpaired) electrons. The molecule has 1 aromatic carbocycles. The van der Waals surface area contributed by atoms with Gasteiger partial charge in [0.2, 0.25) is 0 Å². The van der Waals surface area contributed by atoms with Crippen LogP contribution in [-0.2, 0) is 4.74 Å². The van der Waals surface area contributed by atoms with Crippen LogP contribution < -0.4 is 4.74 Å². The highest BCUT2D eigenvalue weighted by molar-refractivity contribution is 7.80. The van der Waals surface area contributed by atoms with E-state index >= 15 is 0 Å². The van der Waals surface area contributed by atoms with Crippen LogP contribution in [0.5, 0.6) is 5.75 Å². The predicted molar refractivity (Wildman–Crippen MR) is 66.6 cm³/mol. The Hall–Kier alpha value is -0.0900. The van der Waals surface area contributed by atoms with Crippen LogP contribution in [0.3, 0.4) is 0 Å². The Labute approximate surface area is 105 Å². The van der Waals surface area contributed by atoms with E-state index in [-0.39, 0.29) is 0 Å². The fourth-order valence-corrected chi connectivity index (χ4v) is 1.45. The number of thiol groups is 1. The molecule has 15 heavy (non-hydrogen) atoms. The van der Waals surface area contributed by atoms with Crippen LogP contribution in [-0.4, -0.2) is 25.6 Å². The van der Waals surface area contributed by atoms with Crippen molar-refractivity contribution in [2.45, 2.75) is 0 Å². The molecule has 0 unspecified atom stereocenters. The van der Waals surface area contributed by atoms with Gasteiger partial charge in [-0.05, 0) is 12.1 Å². The zero-order chi connectivity index (χ0) is 11.1. The van der Waals surface area contributed by atoms with E-state index in [1.165, 1.54) is 0 Å². The largest absolute Gasteiger partial charge is 0.490 e. The van der Waals surface area contributed by atoms with Gasteiger partial charge in [0, 0.05) is 5.75 Å². The minimum absolute atomic E-state index is 0.438. The molecule has 0 aliphatic carbocycles. The molecular weight excluding hydrogens is 255 g/mol. The Morgan fingerprint density at radius 2 is 1.93 bits per heavy atom. The quantitative estimate of drug-likeness (QED) is 0.629. The number of benzene rings is 1. The van der Waals surface area contributed by atoms with Crippen LogP contribution in [0.1, 0.15) is 0 Å². The third-order valence-electron chi connectivity index (χ3n) is 1.64. The maximum Gasteiger partial charge on any atom is 0.139 e. The SMILES string of the molecule is SCCOCCOc1cccc(Cl)c1Cl. The van der Waals surface area contributed by atoms with Crippen LogP contribution in [0.25, 0.3) is 0 Å². The first-order valence-corrected chi connectivity index (χ1v) is 5.90. The monoisotopic (exact) mass is 266 g/mol. The van der Waals surface area contributed by atoms with E-state index < -0.39 is 0 Å². The Morgan fingerprint density at radius 1 is 1.13 bits per heavy atom. The average Bonchev–Trinajstić information content (AvgIpc) is 2.24. The molecule has 0 bridgehead atoms. The minimum Gasteiger partial charge on any atom is -0.490 e. The number of ether oxygens (including phenoxy) is 2. The van der Waals surface area contributed by atoms with Gasteiger partial charge in [-0.25, -0.2) is 0 Å². The zero-order valence-corrected chi connectivity index (χ0v) is 10.5. The van der Waals surface area contributed by atoms with Crippen molar-refractivity contribution in [2.24, 2.45) is 0 Å². The van der Waals surface area contributed by atoms with E-state index in [1.807, 2.05) is 0 Å². The number of halogens is 2. The van der Waals surface area contributed by atoms with Crippen molar-refractivity contribution in [1.82, 2.24) is 0 Å². The number of hydrogen-bond donors (Lipinski definition) is 1. The van der Waals surface area contributed by atoms with E-state index in [1.54, 1.807) is 18.2 Å². The van der Waals surface area contributed by atoms with Crippen molar-refractivity contribution in [2.75, 3.05) is 25.6 Å². The minimum atomic E-state index is 0.438. The summed E-state index contributed by atoms with van der Waals surface area (Å²) in [4.78, 5) is 0. The van der Waals surface area contributed by atoms with Crippen LogP contribution >= 0.6 is 35.8 Å². The molecule has 0 fully saturated rings. The van der Waals surface area contributed by atoms with Gasteiger partial charge in [0.05, 0.1) is 18.2 Å². The zero-order valence-electron chi connectivity index (χ0n) is 8.08. The van der Waals surface area contributed by atoms with E-state index in [9.17, 15) is 0 Å².